The third-order valence-corrected chi connectivity index (χ3v) is 10.1. The van der Waals surface area contributed by atoms with E-state index < -0.39 is 0 Å². The van der Waals surface area contributed by atoms with Crippen LogP contribution >= 0.6 is 0 Å². The van der Waals surface area contributed by atoms with E-state index >= 15 is 0 Å². The Labute approximate surface area is 334 Å². The van der Waals surface area contributed by atoms with Crippen molar-refractivity contribution in [2.75, 3.05) is 9.80 Å². The van der Waals surface area contributed by atoms with Gasteiger partial charge in [0, 0.05) is 61.3 Å². The molecule has 0 saturated heterocycles. The summed E-state index contributed by atoms with van der Waals surface area (Å²) in [7, 11) is 0. The van der Waals surface area contributed by atoms with Gasteiger partial charge in [-0.2, -0.15) is 12.1 Å². The van der Waals surface area contributed by atoms with Gasteiger partial charge in [-0.15, -0.1) is 48.1 Å². The molecule has 6 heteroatoms. The van der Waals surface area contributed by atoms with E-state index in [1.165, 1.54) is 16.7 Å². The number of para-hydroxylation sites is 1. The van der Waals surface area contributed by atoms with E-state index in [2.05, 4.69) is 180 Å². The Kier molecular flexibility index (Phi) is 10.00. The smallest absolute Gasteiger partial charge is 0.135 e. The van der Waals surface area contributed by atoms with Crippen molar-refractivity contribution in [3.63, 3.8) is 0 Å². The normalized spacial score (nSPS) is 13.1. The van der Waals surface area contributed by atoms with Gasteiger partial charge in [-0.25, -0.2) is 4.98 Å². The van der Waals surface area contributed by atoms with Crippen molar-refractivity contribution in [2.24, 2.45) is 5.92 Å². The molecule has 54 heavy (non-hydrogen) atoms. The predicted molar refractivity (Wildman–Crippen MR) is 220 cm³/mol. The van der Waals surface area contributed by atoms with Gasteiger partial charge in [-0.3, -0.25) is 0 Å². The molecular formula is C48H47N4OPt-3. The molecule has 0 fully saturated rings. The second-order valence-electron chi connectivity index (χ2n) is 16.7. The number of benzene rings is 5. The number of pyridine rings is 1. The molecule has 0 spiro atoms. The minimum absolute atomic E-state index is 0. The Balaban J connectivity index is 0.00000450. The largest absolute Gasteiger partial charge is 0.509 e. The summed E-state index contributed by atoms with van der Waals surface area (Å²) in [6.07, 6.45) is 2.94. The van der Waals surface area contributed by atoms with Crippen LogP contribution in [0.2, 0.25) is 0 Å². The molecule has 0 aliphatic carbocycles. The number of aromatic nitrogens is 2. The van der Waals surface area contributed by atoms with Gasteiger partial charge in [-0.1, -0.05) is 97.3 Å². The van der Waals surface area contributed by atoms with Crippen LogP contribution in [0.4, 0.5) is 22.7 Å². The van der Waals surface area contributed by atoms with E-state index in [4.69, 9.17) is 9.72 Å². The van der Waals surface area contributed by atoms with Gasteiger partial charge in [0.15, 0.2) is 0 Å². The van der Waals surface area contributed by atoms with Gasteiger partial charge in [-0.05, 0) is 87.7 Å². The monoisotopic (exact) mass is 890 g/mol. The van der Waals surface area contributed by atoms with Crippen LogP contribution in [0.3, 0.4) is 0 Å². The molecule has 0 unspecified atom stereocenters. The molecule has 7 aromatic rings. The first-order chi connectivity index (χ1) is 25.3. The topological polar surface area (TPSA) is 33.5 Å². The summed E-state index contributed by atoms with van der Waals surface area (Å²) in [6.45, 7) is 20.2. The van der Waals surface area contributed by atoms with E-state index in [-0.39, 0.29) is 31.9 Å². The molecule has 1 aliphatic rings. The molecule has 0 bridgehead atoms. The molecule has 0 N–H and O–H groups in total. The van der Waals surface area contributed by atoms with E-state index in [1.807, 2.05) is 24.4 Å². The molecule has 0 saturated carbocycles. The molecule has 2 aromatic heterocycles. The summed E-state index contributed by atoms with van der Waals surface area (Å²) in [5.41, 5.74) is 10.2. The van der Waals surface area contributed by atoms with Gasteiger partial charge >= 0.3 is 0 Å². The fourth-order valence-corrected chi connectivity index (χ4v) is 7.26. The van der Waals surface area contributed by atoms with E-state index in [0.29, 0.717) is 17.4 Å². The van der Waals surface area contributed by atoms with Gasteiger partial charge in [0.05, 0.1) is 0 Å². The summed E-state index contributed by atoms with van der Waals surface area (Å²) >= 11 is 0. The number of anilines is 4. The van der Waals surface area contributed by atoms with Crippen LogP contribution in [0.25, 0.3) is 27.6 Å². The Morgan fingerprint density at radius 2 is 1.43 bits per heavy atom. The van der Waals surface area contributed by atoms with Crippen LogP contribution in [0.5, 0.6) is 11.5 Å². The van der Waals surface area contributed by atoms with Gasteiger partial charge < -0.3 is 19.1 Å². The fraction of sp³-hybridized carbons (Fsp3) is 0.250. The molecule has 5 aromatic carbocycles. The Morgan fingerprint density at radius 1 is 0.685 bits per heavy atom. The third kappa shape index (κ3) is 7.19. The number of rotatable bonds is 7. The average Bonchev–Trinajstić information content (AvgIpc) is 3.67. The Bertz CT molecular complexity index is 2470. The molecular weight excluding hydrogens is 844 g/mol. The van der Waals surface area contributed by atoms with Crippen LogP contribution in [-0.4, -0.2) is 9.55 Å². The maximum absolute atomic E-state index is 6.57. The summed E-state index contributed by atoms with van der Waals surface area (Å²) in [5.74, 6) is 2.68. The first-order valence-electron chi connectivity index (χ1n) is 18.6. The minimum Gasteiger partial charge on any atom is -0.509 e. The first-order valence-corrected chi connectivity index (χ1v) is 18.6. The third-order valence-electron chi connectivity index (χ3n) is 10.1. The van der Waals surface area contributed by atoms with Crippen molar-refractivity contribution < 1.29 is 25.8 Å². The quantitative estimate of drug-likeness (QED) is 0.149. The number of hydrogen-bond donors (Lipinski definition) is 0. The van der Waals surface area contributed by atoms with Crippen LogP contribution < -0.4 is 14.5 Å². The van der Waals surface area contributed by atoms with Gasteiger partial charge in [0.2, 0.25) is 0 Å². The van der Waals surface area contributed by atoms with Gasteiger partial charge in [0.1, 0.15) is 5.82 Å². The summed E-state index contributed by atoms with van der Waals surface area (Å²) in [5, 5.41) is 2.25. The van der Waals surface area contributed by atoms with Crippen LogP contribution in [0.15, 0.2) is 115 Å². The zero-order valence-electron chi connectivity index (χ0n) is 32.3. The van der Waals surface area contributed by atoms with E-state index in [9.17, 15) is 0 Å². The molecule has 5 nitrogen and oxygen atoms in total. The SMILES string of the molecule is CC(C)Cc1cccc(N2[CH-]N(c3[c-]c(Oc4[c-]c5c(cc4)c4ccccc4n5-c4cc(C(C)(C)C)ccn4)ccc3)c3ccc(C(C)(C)C)cc32)c1.[Pt]. The number of fused-ring (bicyclic) bond motifs is 4. The molecule has 0 amide bonds. The summed E-state index contributed by atoms with van der Waals surface area (Å²) in [6, 6.07) is 45.8. The first kappa shape index (κ1) is 37.5. The number of ether oxygens (including phenoxy) is 1. The van der Waals surface area contributed by atoms with Crippen molar-refractivity contribution >= 4 is 44.6 Å². The van der Waals surface area contributed by atoms with E-state index in [1.54, 1.807) is 0 Å². The average molecular weight is 891 g/mol. The van der Waals surface area contributed by atoms with Gasteiger partial charge in [0.25, 0.3) is 0 Å². The zero-order chi connectivity index (χ0) is 37.1. The molecule has 0 atom stereocenters. The maximum Gasteiger partial charge on any atom is 0.135 e. The standard InChI is InChI=1S/C48H47N4O.Pt/c1-32(2)25-33-13-11-14-36(26-33)51-31-50(43-22-19-34(27-45(43)51)47(3,4)5)37-15-12-16-38(29-37)53-39-20-21-41-40-17-9-10-18-42(40)52(44(41)30-39)46-28-35(23-24-49-46)48(6,7)8;/h9-24,26-28,31-32H,25H2,1-8H3;/q-3;. The molecule has 1 aliphatic heterocycles. The van der Waals surface area contributed by atoms with Crippen LogP contribution in [0.1, 0.15) is 72.1 Å². The predicted octanol–water partition coefficient (Wildman–Crippen LogP) is 12.8. The molecule has 278 valence electrons. The maximum atomic E-state index is 6.57. The molecule has 3 heterocycles. The number of nitrogens with zero attached hydrogens (tertiary/aromatic N) is 4. The van der Waals surface area contributed by atoms with Crippen LogP contribution in [0, 0.1) is 24.7 Å². The minimum atomic E-state index is -0.00766. The Morgan fingerprint density at radius 3 is 2.20 bits per heavy atom. The van der Waals surface area contributed by atoms with Crippen molar-refractivity contribution in [3.8, 4) is 17.3 Å². The molecule has 0 radical (unpaired) electrons. The zero-order valence-corrected chi connectivity index (χ0v) is 34.6. The summed E-state index contributed by atoms with van der Waals surface area (Å²) < 4.78 is 8.76. The van der Waals surface area contributed by atoms with Crippen molar-refractivity contribution in [1.82, 2.24) is 9.55 Å². The molecule has 8 rings (SSSR count). The second kappa shape index (κ2) is 14.4. The second-order valence-corrected chi connectivity index (χ2v) is 16.7. The number of hydrogen-bond acceptors (Lipinski definition) is 4. The van der Waals surface area contributed by atoms with Crippen molar-refractivity contribution in [2.45, 2.75) is 72.6 Å². The van der Waals surface area contributed by atoms with Crippen molar-refractivity contribution in [3.05, 3.63) is 151 Å². The fourth-order valence-electron chi connectivity index (χ4n) is 7.26. The summed E-state index contributed by atoms with van der Waals surface area (Å²) in [4.78, 5) is 9.35. The Hall–Kier alpha value is -4.86. The van der Waals surface area contributed by atoms with Crippen molar-refractivity contribution in [1.29, 1.82) is 0 Å². The van der Waals surface area contributed by atoms with E-state index in [0.717, 1.165) is 56.8 Å². The van der Waals surface area contributed by atoms with Crippen LogP contribution in [-0.2, 0) is 38.3 Å².